The van der Waals surface area contributed by atoms with Crippen molar-refractivity contribution in [2.45, 2.75) is 20.5 Å². The molecule has 0 bridgehead atoms. The number of aliphatic hydroxyl groups is 1. The molecule has 0 aliphatic carbocycles. The lowest BCUT2D eigenvalue weighted by Gasteiger charge is -2.20. The molecule has 0 amide bonds. The summed E-state index contributed by atoms with van der Waals surface area (Å²) in [6, 6.07) is 7.81. The van der Waals surface area contributed by atoms with Crippen LogP contribution in [0.1, 0.15) is 19.4 Å². The standard InChI is InChI=1S/C13H22N2O/c1-10(2)12(7-14)8-15-13-6-4-3-5-11(13)9-16/h3-6,10,12,15-16H,7-9,14H2,1-2H3. The van der Waals surface area contributed by atoms with Crippen LogP contribution in [0.3, 0.4) is 0 Å². The molecule has 1 rings (SSSR count). The monoisotopic (exact) mass is 222 g/mol. The number of para-hydroxylation sites is 1. The van der Waals surface area contributed by atoms with E-state index < -0.39 is 0 Å². The van der Waals surface area contributed by atoms with Gasteiger partial charge in [-0.3, -0.25) is 0 Å². The Morgan fingerprint density at radius 1 is 1.31 bits per heavy atom. The molecule has 0 fully saturated rings. The van der Waals surface area contributed by atoms with Gasteiger partial charge in [0.05, 0.1) is 6.61 Å². The van der Waals surface area contributed by atoms with Gasteiger partial charge < -0.3 is 16.2 Å². The van der Waals surface area contributed by atoms with Crippen molar-refractivity contribution in [1.29, 1.82) is 0 Å². The first-order valence-electron chi connectivity index (χ1n) is 5.81. The minimum Gasteiger partial charge on any atom is -0.392 e. The van der Waals surface area contributed by atoms with E-state index in [1.165, 1.54) is 0 Å². The van der Waals surface area contributed by atoms with Crippen molar-refractivity contribution in [3.05, 3.63) is 29.8 Å². The van der Waals surface area contributed by atoms with Crippen LogP contribution in [-0.4, -0.2) is 18.2 Å². The Balaban J connectivity index is 2.59. The van der Waals surface area contributed by atoms with Crippen molar-refractivity contribution in [1.82, 2.24) is 0 Å². The molecule has 0 aliphatic heterocycles. The van der Waals surface area contributed by atoms with Crippen molar-refractivity contribution in [2.75, 3.05) is 18.4 Å². The van der Waals surface area contributed by atoms with Crippen LogP contribution < -0.4 is 11.1 Å². The smallest absolute Gasteiger partial charge is 0.0701 e. The number of nitrogens with two attached hydrogens (primary N) is 1. The molecule has 1 aromatic rings. The molecule has 0 aromatic heterocycles. The number of anilines is 1. The number of aliphatic hydroxyl groups excluding tert-OH is 1. The van der Waals surface area contributed by atoms with Gasteiger partial charge in [0.25, 0.3) is 0 Å². The first-order chi connectivity index (χ1) is 7.69. The van der Waals surface area contributed by atoms with Crippen LogP contribution in [0.15, 0.2) is 24.3 Å². The lowest BCUT2D eigenvalue weighted by Crippen LogP contribution is -2.27. The van der Waals surface area contributed by atoms with Gasteiger partial charge in [0.15, 0.2) is 0 Å². The number of rotatable bonds is 6. The average Bonchev–Trinajstić information content (AvgIpc) is 2.30. The van der Waals surface area contributed by atoms with Gasteiger partial charge in [-0.1, -0.05) is 32.0 Å². The highest BCUT2D eigenvalue weighted by Crippen LogP contribution is 2.17. The predicted octanol–water partition coefficient (Wildman–Crippen LogP) is 1.82. The minimum absolute atomic E-state index is 0.0676. The summed E-state index contributed by atoms with van der Waals surface area (Å²) in [4.78, 5) is 0. The van der Waals surface area contributed by atoms with E-state index in [4.69, 9.17) is 5.73 Å². The Hall–Kier alpha value is -1.06. The number of hydrogen-bond acceptors (Lipinski definition) is 3. The molecule has 0 heterocycles. The molecule has 0 saturated carbocycles. The van der Waals surface area contributed by atoms with Crippen LogP contribution in [0.5, 0.6) is 0 Å². The summed E-state index contributed by atoms with van der Waals surface area (Å²) in [5, 5.41) is 12.5. The summed E-state index contributed by atoms with van der Waals surface area (Å²) >= 11 is 0. The molecule has 3 heteroatoms. The summed E-state index contributed by atoms with van der Waals surface area (Å²) in [5.41, 5.74) is 7.66. The number of benzene rings is 1. The molecule has 1 atom stereocenters. The van der Waals surface area contributed by atoms with E-state index in [2.05, 4.69) is 19.2 Å². The second-order valence-corrected chi connectivity index (χ2v) is 4.44. The van der Waals surface area contributed by atoms with Gasteiger partial charge in [0.1, 0.15) is 0 Å². The molecular formula is C13H22N2O. The molecule has 16 heavy (non-hydrogen) atoms. The van der Waals surface area contributed by atoms with E-state index in [9.17, 15) is 5.11 Å². The van der Waals surface area contributed by atoms with Crippen LogP contribution in [0.25, 0.3) is 0 Å². The summed E-state index contributed by atoms with van der Waals surface area (Å²) in [7, 11) is 0. The van der Waals surface area contributed by atoms with Crippen molar-refractivity contribution in [2.24, 2.45) is 17.6 Å². The highest BCUT2D eigenvalue weighted by atomic mass is 16.3. The number of nitrogens with one attached hydrogen (secondary N) is 1. The Bertz CT molecular complexity index is 313. The van der Waals surface area contributed by atoms with Crippen molar-refractivity contribution < 1.29 is 5.11 Å². The Labute approximate surface area is 97.7 Å². The summed E-state index contributed by atoms with van der Waals surface area (Å²) in [5.74, 6) is 1.03. The first-order valence-corrected chi connectivity index (χ1v) is 5.81. The van der Waals surface area contributed by atoms with Crippen molar-refractivity contribution in [3.63, 3.8) is 0 Å². The van der Waals surface area contributed by atoms with Gasteiger partial charge in [-0.25, -0.2) is 0 Å². The molecule has 0 spiro atoms. The minimum atomic E-state index is 0.0676. The van der Waals surface area contributed by atoms with Crippen LogP contribution in [0.4, 0.5) is 5.69 Å². The Morgan fingerprint density at radius 2 is 2.00 bits per heavy atom. The maximum absolute atomic E-state index is 9.19. The van der Waals surface area contributed by atoms with E-state index in [1.807, 2.05) is 24.3 Å². The molecule has 0 radical (unpaired) electrons. The van der Waals surface area contributed by atoms with Crippen LogP contribution in [0, 0.1) is 11.8 Å². The molecular weight excluding hydrogens is 200 g/mol. The van der Waals surface area contributed by atoms with Gasteiger partial charge in [-0.15, -0.1) is 0 Å². The van der Waals surface area contributed by atoms with Crippen molar-refractivity contribution in [3.8, 4) is 0 Å². The van der Waals surface area contributed by atoms with Gasteiger partial charge >= 0.3 is 0 Å². The fourth-order valence-corrected chi connectivity index (χ4v) is 1.66. The second kappa shape index (κ2) is 6.51. The average molecular weight is 222 g/mol. The van der Waals surface area contributed by atoms with Gasteiger partial charge in [-0.2, -0.15) is 0 Å². The zero-order valence-electron chi connectivity index (χ0n) is 10.1. The Kier molecular flexibility index (Phi) is 5.29. The second-order valence-electron chi connectivity index (χ2n) is 4.44. The predicted molar refractivity (Wildman–Crippen MR) is 68.2 cm³/mol. The molecule has 1 unspecified atom stereocenters. The lowest BCUT2D eigenvalue weighted by atomic mass is 9.96. The van der Waals surface area contributed by atoms with E-state index in [1.54, 1.807) is 0 Å². The van der Waals surface area contributed by atoms with Crippen molar-refractivity contribution >= 4 is 5.69 Å². The normalized spacial score (nSPS) is 12.8. The maximum atomic E-state index is 9.19. The van der Waals surface area contributed by atoms with Crippen LogP contribution in [-0.2, 0) is 6.61 Å². The molecule has 90 valence electrons. The molecule has 4 N–H and O–H groups in total. The third kappa shape index (κ3) is 3.51. The fourth-order valence-electron chi connectivity index (χ4n) is 1.66. The van der Waals surface area contributed by atoms with E-state index in [-0.39, 0.29) is 6.61 Å². The van der Waals surface area contributed by atoms with Gasteiger partial charge in [-0.05, 0) is 24.4 Å². The third-order valence-electron chi connectivity index (χ3n) is 2.99. The van der Waals surface area contributed by atoms with E-state index in [0.29, 0.717) is 18.4 Å². The van der Waals surface area contributed by atoms with Crippen LogP contribution in [0.2, 0.25) is 0 Å². The zero-order chi connectivity index (χ0) is 12.0. The number of hydrogen-bond donors (Lipinski definition) is 3. The van der Waals surface area contributed by atoms with E-state index in [0.717, 1.165) is 17.8 Å². The first kappa shape index (κ1) is 13.0. The summed E-state index contributed by atoms with van der Waals surface area (Å²) < 4.78 is 0. The summed E-state index contributed by atoms with van der Waals surface area (Å²) in [6.45, 7) is 5.96. The van der Waals surface area contributed by atoms with Gasteiger partial charge in [0, 0.05) is 17.8 Å². The lowest BCUT2D eigenvalue weighted by molar-refractivity contribution is 0.282. The van der Waals surface area contributed by atoms with Gasteiger partial charge in [0.2, 0.25) is 0 Å². The highest BCUT2D eigenvalue weighted by molar-refractivity contribution is 5.50. The molecule has 3 nitrogen and oxygen atoms in total. The fraction of sp³-hybridized carbons (Fsp3) is 0.538. The largest absolute Gasteiger partial charge is 0.392 e. The quantitative estimate of drug-likeness (QED) is 0.688. The molecule has 0 aliphatic rings. The Morgan fingerprint density at radius 3 is 2.56 bits per heavy atom. The maximum Gasteiger partial charge on any atom is 0.0701 e. The van der Waals surface area contributed by atoms with E-state index >= 15 is 0 Å². The molecule has 1 aromatic carbocycles. The molecule has 0 saturated heterocycles. The summed E-state index contributed by atoms with van der Waals surface area (Å²) in [6.07, 6.45) is 0. The third-order valence-corrected chi connectivity index (χ3v) is 2.99. The topological polar surface area (TPSA) is 58.3 Å². The SMILES string of the molecule is CC(C)C(CN)CNc1ccccc1CO. The highest BCUT2D eigenvalue weighted by Gasteiger charge is 2.11. The van der Waals surface area contributed by atoms with Crippen LogP contribution >= 0.6 is 0 Å². The zero-order valence-corrected chi connectivity index (χ0v) is 10.1.